The van der Waals surface area contributed by atoms with Gasteiger partial charge in [-0.2, -0.15) is 0 Å². The average molecular weight is 270 g/mol. The highest BCUT2D eigenvalue weighted by molar-refractivity contribution is 5.82. The van der Waals surface area contributed by atoms with E-state index in [-0.39, 0.29) is 5.69 Å². The molecule has 1 N–H and O–H groups in total. The van der Waals surface area contributed by atoms with E-state index >= 15 is 0 Å². The molecule has 2 aromatic carbocycles. The molecule has 3 rings (SSSR count). The van der Waals surface area contributed by atoms with E-state index in [0.717, 1.165) is 22.5 Å². The van der Waals surface area contributed by atoms with Crippen molar-refractivity contribution in [3.05, 3.63) is 71.9 Å². The van der Waals surface area contributed by atoms with Crippen molar-refractivity contribution in [1.82, 2.24) is 4.98 Å². The average Bonchev–Trinajstić information content (AvgIpc) is 2.46. The van der Waals surface area contributed by atoms with Gasteiger partial charge < -0.3 is 5.32 Å². The van der Waals surface area contributed by atoms with E-state index in [1.165, 1.54) is 12.1 Å². The molecule has 0 unspecified atom stereocenters. The number of benzene rings is 2. The normalized spacial score (nSPS) is 10.7. The Kier molecular flexibility index (Phi) is 3.29. The Bertz CT molecular complexity index is 751. The monoisotopic (exact) mass is 270 g/mol. The van der Waals surface area contributed by atoms with Gasteiger partial charge in [-0.25, -0.2) is 8.78 Å². The van der Waals surface area contributed by atoms with Crippen LogP contribution in [-0.4, -0.2) is 4.98 Å². The number of hydrogen-bond donors (Lipinski definition) is 1. The largest absolute Gasteiger partial charge is 0.379 e. The van der Waals surface area contributed by atoms with Gasteiger partial charge in [0.1, 0.15) is 11.6 Å². The van der Waals surface area contributed by atoms with Crippen molar-refractivity contribution in [1.29, 1.82) is 0 Å². The third-order valence-electron chi connectivity index (χ3n) is 3.14. The van der Waals surface area contributed by atoms with Crippen molar-refractivity contribution in [2.24, 2.45) is 0 Å². The first-order chi connectivity index (χ1) is 9.74. The lowest BCUT2D eigenvalue weighted by molar-refractivity contribution is 0.585. The molecule has 0 aliphatic heterocycles. The number of hydrogen-bond acceptors (Lipinski definition) is 2. The summed E-state index contributed by atoms with van der Waals surface area (Å²) < 4.78 is 26.4. The molecule has 0 bridgehead atoms. The highest BCUT2D eigenvalue weighted by Gasteiger charge is 2.05. The number of nitrogens with zero attached hydrogens (tertiary/aromatic N) is 1. The van der Waals surface area contributed by atoms with Gasteiger partial charge in [0.15, 0.2) is 0 Å². The number of para-hydroxylation sites is 1. The maximum atomic E-state index is 13.6. The second-order valence-electron chi connectivity index (χ2n) is 4.46. The van der Waals surface area contributed by atoms with Crippen LogP contribution in [0.1, 0.15) is 5.56 Å². The molecule has 0 saturated heterocycles. The van der Waals surface area contributed by atoms with Gasteiger partial charge in [0.25, 0.3) is 0 Å². The van der Waals surface area contributed by atoms with E-state index < -0.39 is 11.6 Å². The van der Waals surface area contributed by atoms with Gasteiger partial charge in [-0.05, 0) is 29.8 Å². The molecule has 0 spiro atoms. The summed E-state index contributed by atoms with van der Waals surface area (Å²) >= 11 is 0. The number of anilines is 1. The van der Waals surface area contributed by atoms with Gasteiger partial charge in [0.2, 0.25) is 0 Å². The van der Waals surface area contributed by atoms with Crippen LogP contribution in [0.15, 0.2) is 54.7 Å². The molecule has 0 fully saturated rings. The van der Waals surface area contributed by atoms with Crippen molar-refractivity contribution in [2.75, 3.05) is 5.32 Å². The smallest absolute Gasteiger partial charge is 0.149 e. The summed E-state index contributed by atoms with van der Waals surface area (Å²) in [5, 5.41) is 4.00. The highest BCUT2D eigenvalue weighted by atomic mass is 19.1. The van der Waals surface area contributed by atoms with Crippen LogP contribution in [0, 0.1) is 11.6 Å². The lowest BCUT2D eigenvalue weighted by atomic mass is 10.1. The Balaban J connectivity index is 1.87. The maximum Gasteiger partial charge on any atom is 0.149 e. The zero-order chi connectivity index (χ0) is 13.9. The fraction of sp³-hybridized carbons (Fsp3) is 0.0625. The van der Waals surface area contributed by atoms with Gasteiger partial charge in [-0.15, -0.1) is 0 Å². The molecule has 100 valence electrons. The third-order valence-corrected chi connectivity index (χ3v) is 3.14. The van der Waals surface area contributed by atoms with Gasteiger partial charge in [-0.1, -0.05) is 18.2 Å². The van der Waals surface area contributed by atoms with Gasteiger partial charge in [0.05, 0.1) is 11.2 Å². The van der Waals surface area contributed by atoms with Crippen molar-refractivity contribution in [3.63, 3.8) is 0 Å². The molecule has 0 aliphatic carbocycles. The van der Waals surface area contributed by atoms with E-state index in [0.29, 0.717) is 6.54 Å². The van der Waals surface area contributed by atoms with Gasteiger partial charge in [-0.3, -0.25) is 4.98 Å². The molecule has 0 aliphatic rings. The maximum absolute atomic E-state index is 13.6. The van der Waals surface area contributed by atoms with Crippen LogP contribution in [0.25, 0.3) is 10.9 Å². The van der Waals surface area contributed by atoms with E-state index in [4.69, 9.17) is 0 Å². The van der Waals surface area contributed by atoms with Crippen molar-refractivity contribution in [3.8, 4) is 0 Å². The van der Waals surface area contributed by atoms with Crippen LogP contribution >= 0.6 is 0 Å². The second kappa shape index (κ2) is 5.25. The second-order valence-corrected chi connectivity index (χ2v) is 4.46. The Morgan fingerprint density at radius 3 is 2.70 bits per heavy atom. The van der Waals surface area contributed by atoms with Crippen molar-refractivity contribution in [2.45, 2.75) is 6.54 Å². The number of nitrogens with one attached hydrogen (secondary N) is 1. The van der Waals surface area contributed by atoms with Crippen LogP contribution in [0.4, 0.5) is 14.5 Å². The molecular weight excluding hydrogens is 258 g/mol. The van der Waals surface area contributed by atoms with E-state index in [1.807, 2.05) is 30.3 Å². The fourth-order valence-corrected chi connectivity index (χ4v) is 2.13. The molecule has 2 nitrogen and oxygen atoms in total. The Labute approximate surface area is 115 Å². The number of pyridine rings is 1. The Morgan fingerprint density at radius 2 is 1.85 bits per heavy atom. The molecule has 1 aromatic heterocycles. The van der Waals surface area contributed by atoms with Crippen molar-refractivity contribution < 1.29 is 8.78 Å². The number of rotatable bonds is 3. The predicted molar refractivity (Wildman–Crippen MR) is 75.4 cm³/mol. The van der Waals surface area contributed by atoms with Gasteiger partial charge in [0, 0.05) is 24.2 Å². The SMILES string of the molecule is Fc1ccc(NCc2ccnc3ccccc23)c(F)c1. The first kappa shape index (κ1) is 12.5. The lowest BCUT2D eigenvalue weighted by Gasteiger charge is -2.09. The number of halogens is 2. The van der Waals surface area contributed by atoms with Crippen LogP contribution in [-0.2, 0) is 6.54 Å². The lowest BCUT2D eigenvalue weighted by Crippen LogP contribution is -2.02. The molecule has 4 heteroatoms. The van der Waals surface area contributed by atoms with E-state index in [2.05, 4.69) is 10.3 Å². The standard InChI is InChI=1S/C16H12F2N2/c17-12-5-6-16(14(18)9-12)20-10-11-7-8-19-15-4-2-1-3-13(11)15/h1-9,20H,10H2. The highest BCUT2D eigenvalue weighted by Crippen LogP contribution is 2.19. The summed E-state index contributed by atoms with van der Waals surface area (Å²) in [6, 6.07) is 13.1. The zero-order valence-electron chi connectivity index (χ0n) is 10.6. The molecular formula is C16H12F2N2. The predicted octanol–water partition coefficient (Wildman–Crippen LogP) is 4.13. The first-order valence-corrected chi connectivity index (χ1v) is 6.25. The molecule has 20 heavy (non-hydrogen) atoms. The zero-order valence-corrected chi connectivity index (χ0v) is 10.6. The van der Waals surface area contributed by atoms with Gasteiger partial charge >= 0.3 is 0 Å². The topological polar surface area (TPSA) is 24.9 Å². The van der Waals surface area contributed by atoms with Crippen LogP contribution < -0.4 is 5.32 Å². The summed E-state index contributed by atoms with van der Waals surface area (Å²) in [4.78, 5) is 4.27. The summed E-state index contributed by atoms with van der Waals surface area (Å²) in [5.74, 6) is -1.18. The van der Waals surface area contributed by atoms with Crippen LogP contribution in [0.2, 0.25) is 0 Å². The fourth-order valence-electron chi connectivity index (χ4n) is 2.13. The van der Waals surface area contributed by atoms with E-state index in [9.17, 15) is 8.78 Å². The third kappa shape index (κ3) is 2.45. The molecule has 0 radical (unpaired) electrons. The van der Waals surface area contributed by atoms with Crippen LogP contribution in [0.3, 0.4) is 0 Å². The molecule has 1 heterocycles. The minimum atomic E-state index is -0.594. The number of fused-ring (bicyclic) bond motifs is 1. The molecule has 0 amide bonds. The Hall–Kier alpha value is -2.49. The van der Waals surface area contributed by atoms with Crippen molar-refractivity contribution >= 4 is 16.6 Å². The first-order valence-electron chi connectivity index (χ1n) is 6.25. The molecule has 0 atom stereocenters. The quantitative estimate of drug-likeness (QED) is 0.774. The van der Waals surface area contributed by atoms with Crippen LogP contribution in [0.5, 0.6) is 0 Å². The molecule has 3 aromatic rings. The summed E-state index contributed by atoms with van der Waals surface area (Å²) in [5.41, 5.74) is 2.19. The number of aromatic nitrogens is 1. The summed E-state index contributed by atoms with van der Waals surface area (Å²) in [6.07, 6.45) is 1.72. The summed E-state index contributed by atoms with van der Waals surface area (Å²) in [6.45, 7) is 0.450. The minimum Gasteiger partial charge on any atom is -0.379 e. The molecule has 0 saturated carbocycles. The summed E-state index contributed by atoms with van der Waals surface area (Å²) in [7, 11) is 0. The van der Waals surface area contributed by atoms with E-state index in [1.54, 1.807) is 6.20 Å². The Morgan fingerprint density at radius 1 is 1.00 bits per heavy atom. The minimum absolute atomic E-state index is 0.285.